The Morgan fingerprint density at radius 1 is 1.35 bits per heavy atom. The van der Waals surface area contributed by atoms with Gasteiger partial charge in [-0.15, -0.1) is 0 Å². The highest BCUT2D eigenvalue weighted by molar-refractivity contribution is 5.75. The van der Waals surface area contributed by atoms with E-state index in [1.807, 2.05) is 0 Å². The summed E-state index contributed by atoms with van der Waals surface area (Å²) in [4.78, 5) is 16.5. The Morgan fingerprint density at radius 3 is 3.04 bits per heavy atom. The molecule has 2 fully saturated rings. The zero-order valence-electron chi connectivity index (χ0n) is 14.7. The van der Waals surface area contributed by atoms with Crippen molar-refractivity contribution in [1.29, 1.82) is 0 Å². The first-order valence-electron chi connectivity index (χ1n) is 9.56. The number of hydrogen-bond acceptors (Lipinski definition) is 5. The molecule has 2 bridgehead atoms. The zero-order valence-corrected chi connectivity index (χ0v) is 14.7. The van der Waals surface area contributed by atoms with E-state index in [4.69, 9.17) is 8.94 Å². The molecule has 136 valence electrons. The zero-order chi connectivity index (χ0) is 17.6. The number of aromatic nitrogens is 2. The quantitative estimate of drug-likeness (QED) is 0.772. The van der Waals surface area contributed by atoms with E-state index in [2.05, 4.69) is 27.6 Å². The maximum atomic E-state index is 12.2. The lowest BCUT2D eigenvalue weighted by atomic mass is 9.89. The van der Waals surface area contributed by atoms with E-state index in [1.165, 1.54) is 19.3 Å². The third-order valence-corrected chi connectivity index (χ3v) is 6.41. The third-order valence-electron chi connectivity index (χ3n) is 6.41. The summed E-state index contributed by atoms with van der Waals surface area (Å²) in [6.45, 7) is 0.815. The molecule has 3 aliphatic carbocycles. The number of nitrogens with one attached hydrogen (secondary N) is 1. The normalized spacial score (nSPS) is 27.3. The smallest absolute Gasteiger partial charge is 0.238 e. The number of nitrogens with zero attached hydrogens (tertiary/aromatic N) is 2. The average Bonchev–Trinajstić information content (AvgIpc) is 3.03. The summed E-state index contributed by atoms with van der Waals surface area (Å²) in [5.41, 5.74) is 0.596. The van der Waals surface area contributed by atoms with Crippen LogP contribution >= 0.6 is 0 Å². The first kappa shape index (κ1) is 15.9. The molecule has 6 heteroatoms. The fraction of sp³-hybridized carbons (Fsp3) is 0.550. The molecule has 6 nitrogen and oxygen atoms in total. The predicted octanol–water partition coefficient (Wildman–Crippen LogP) is 3.37. The predicted molar refractivity (Wildman–Crippen MR) is 93.8 cm³/mol. The molecule has 1 amide bonds. The first-order valence-corrected chi connectivity index (χ1v) is 9.56. The van der Waals surface area contributed by atoms with Gasteiger partial charge < -0.3 is 14.3 Å². The second-order valence-corrected chi connectivity index (χ2v) is 7.89. The molecule has 0 radical (unpaired) electrons. The lowest BCUT2D eigenvalue weighted by Crippen LogP contribution is -2.31. The minimum absolute atomic E-state index is 0.118. The second-order valence-electron chi connectivity index (χ2n) is 7.89. The fourth-order valence-electron chi connectivity index (χ4n) is 4.95. The van der Waals surface area contributed by atoms with Gasteiger partial charge in [-0.25, -0.2) is 0 Å². The number of carbonyl (C=O) groups excluding carboxylic acids is 1. The van der Waals surface area contributed by atoms with Crippen LogP contribution in [-0.2, 0) is 11.2 Å². The van der Waals surface area contributed by atoms with Crippen molar-refractivity contribution < 1.29 is 13.7 Å². The molecule has 0 unspecified atom stereocenters. The van der Waals surface area contributed by atoms with Gasteiger partial charge in [0.2, 0.25) is 17.6 Å². The molecule has 26 heavy (non-hydrogen) atoms. The molecule has 2 aromatic heterocycles. The third kappa shape index (κ3) is 2.68. The monoisotopic (exact) mass is 353 g/mol. The topological polar surface area (TPSA) is 81.2 Å². The standard InChI is InChI=1S/C20H23N3O3/c24-17(21-12-13-11-14-6-7-15(13)20(14)8-9-20)4-1-5-18-22-19(23-26-18)16-3-2-10-25-16/h2-3,6-7,10,13-15H,1,4-5,8-9,11-12H2,(H,21,24)/t13-,14-,15-/m0/s1. The molecule has 5 rings (SSSR count). The number of carbonyl (C=O) groups is 1. The number of rotatable bonds is 7. The van der Waals surface area contributed by atoms with Crippen molar-refractivity contribution in [3.05, 3.63) is 36.4 Å². The van der Waals surface area contributed by atoms with Gasteiger partial charge in [0, 0.05) is 19.4 Å². The van der Waals surface area contributed by atoms with Gasteiger partial charge in [-0.2, -0.15) is 4.98 Å². The van der Waals surface area contributed by atoms with E-state index in [-0.39, 0.29) is 5.91 Å². The van der Waals surface area contributed by atoms with E-state index in [1.54, 1.807) is 18.4 Å². The van der Waals surface area contributed by atoms with Crippen LogP contribution in [0.2, 0.25) is 0 Å². The van der Waals surface area contributed by atoms with E-state index >= 15 is 0 Å². The van der Waals surface area contributed by atoms with Crippen molar-refractivity contribution in [2.24, 2.45) is 23.2 Å². The summed E-state index contributed by atoms with van der Waals surface area (Å²) in [6.07, 6.45) is 12.2. The van der Waals surface area contributed by atoms with Gasteiger partial charge in [0.15, 0.2) is 5.76 Å². The fourth-order valence-corrected chi connectivity index (χ4v) is 4.95. The van der Waals surface area contributed by atoms with Crippen LogP contribution in [0.25, 0.3) is 11.6 Å². The van der Waals surface area contributed by atoms with E-state index in [0.29, 0.717) is 54.0 Å². The molecule has 0 saturated heterocycles. The van der Waals surface area contributed by atoms with Crippen molar-refractivity contribution in [2.75, 3.05) is 6.54 Å². The SMILES string of the molecule is O=C(CCCc1nc(-c2ccco2)no1)NC[C@@H]1C[C@@H]2C=C[C@@H]1C21CC1. The minimum Gasteiger partial charge on any atom is -0.461 e. The molecule has 1 N–H and O–H groups in total. The van der Waals surface area contributed by atoms with E-state index < -0.39 is 0 Å². The molecule has 2 heterocycles. The minimum atomic E-state index is 0.118. The highest BCUT2D eigenvalue weighted by atomic mass is 16.5. The summed E-state index contributed by atoms with van der Waals surface area (Å²) in [5, 5.41) is 7.03. The molecule has 2 saturated carbocycles. The number of hydrogen-bond donors (Lipinski definition) is 1. The molecular formula is C20H23N3O3. The Balaban J connectivity index is 1.05. The lowest BCUT2D eigenvalue weighted by molar-refractivity contribution is -0.121. The van der Waals surface area contributed by atoms with Gasteiger partial charge in [0.1, 0.15) is 0 Å². The van der Waals surface area contributed by atoms with Crippen molar-refractivity contribution in [1.82, 2.24) is 15.5 Å². The Labute approximate surface area is 152 Å². The van der Waals surface area contributed by atoms with Gasteiger partial charge in [-0.05, 0) is 61.0 Å². The van der Waals surface area contributed by atoms with Crippen LogP contribution < -0.4 is 5.32 Å². The average molecular weight is 353 g/mol. The summed E-state index contributed by atoms with van der Waals surface area (Å²) < 4.78 is 10.5. The van der Waals surface area contributed by atoms with Crippen LogP contribution in [0.3, 0.4) is 0 Å². The highest BCUT2D eigenvalue weighted by Gasteiger charge is 2.62. The lowest BCUT2D eigenvalue weighted by Gasteiger charge is -2.20. The molecular weight excluding hydrogens is 330 g/mol. The maximum Gasteiger partial charge on any atom is 0.238 e. The molecule has 1 spiro atoms. The van der Waals surface area contributed by atoms with Crippen LogP contribution in [0.5, 0.6) is 0 Å². The summed E-state index contributed by atoms with van der Waals surface area (Å²) in [7, 11) is 0. The summed E-state index contributed by atoms with van der Waals surface area (Å²) in [5.74, 6) is 3.80. The molecule has 3 atom stereocenters. The number of amides is 1. The Bertz CT molecular complexity index is 819. The summed E-state index contributed by atoms with van der Waals surface area (Å²) in [6, 6.07) is 3.57. The molecule has 0 aromatic carbocycles. The van der Waals surface area contributed by atoms with E-state index in [9.17, 15) is 4.79 Å². The molecule has 3 aliphatic rings. The Morgan fingerprint density at radius 2 is 2.27 bits per heavy atom. The molecule has 0 aliphatic heterocycles. The van der Waals surface area contributed by atoms with Crippen LogP contribution in [0.15, 0.2) is 39.5 Å². The maximum absolute atomic E-state index is 12.2. The van der Waals surface area contributed by atoms with E-state index in [0.717, 1.165) is 12.5 Å². The van der Waals surface area contributed by atoms with Gasteiger partial charge in [0.05, 0.1) is 6.26 Å². The number of aryl methyl sites for hydroxylation is 1. The van der Waals surface area contributed by atoms with Crippen LogP contribution in [0.1, 0.15) is 38.0 Å². The van der Waals surface area contributed by atoms with Crippen LogP contribution in [0, 0.1) is 23.2 Å². The second kappa shape index (κ2) is 6.11. The van der Waals surface area contributed by atoms with Crippen molar-refractivity contribution in [2.45, 2.75) is 38.5 Å². The first-order chi connectivity index (χ1) is 12.7. The van der Waals surface area contributed by atoms with Gasteiger partial charge >= 0.3 is 0 Å². The van der Waals surface area contributed by atoms with Gasteiger partial charge in [-0.1, -0.05) is 17.3 Å². The number of furan rings is 1. The Kier molecular flexibility index (Phi) is 3.72. The van der Waals surface area contributed by atoms with Crippen molar-refractivity contribution in [3.63, 3.8) is 0 Å². The van der Waals surface area contributed by atoms with Crippen LogP contribution in [-0.4, -0.2) is 22.6 Å². The van der Waals surface area contributed by atoms with Crippen molar-refractivity contribution in [3.8, 4) is 11.6 Å². The molecule has 2 aromatic rings. The van der Waals surface area contributed by atoms with Crippen molar-refractivity contribution >= 4 is 5.91 Å². The highest BCUT2D eigenvalue weighted by Crippen LogP contribution is 2.69. The summed E-state index contributed by atoms with van der Waals surface area (Å²) >= 11 is 0. The number of allylic oxidation sites excluding steroid dienone is 2. The van der Waals surface area contributed by atoms with Gasteiger partial charge in [0.25, 0.3) is 0 Å². The van der Waals surface area contributed by atoms with Gasteiger partial charge in [-0.3, -0.25) is 4.79 Å². The van der Waals surface area contributed by atoms with Crippen LogP contribution in [0.4, 0.5) is 0 Å². The largest absolute Gasteiger partial charge is 0.461 e. The Hall–Kier alpha value is -2.37.